The molecule has 1 heterocycles. The van der Waals surface area contributed by atoms with Crippen molar-refractivity contribution in [3.05, 3.63) is 18.2 Å². The Labute approximate surface area is 85.7 Å². The molecule has 0 spiro atoms. The van der Waals surface area contributed by atoms with Crippen LogP contribution in [-0.4, -0.2) is 35.5 Å². The van der Waals surface area contributed by atoms with Crippen molar-refractivity contribution in [3.63, 3.8) is 0 Å². The van der Waals surface area contributed by atoms with Crippen LogP contribution < -0.4 is 9.86 Å². The summed E-state index contributed by atoms with van der Waals surface area (Å²) in [5.41, 5.74) is 0.499. The summed E-state index contributed by atoms with van der Waals surface area (Å²) in [5.74, 6) is -1.31. The van der Waals surface area contributed by atoms with Crippen LogP contribution >= 0.6 is 0 Å². The minimum atomic E-state index is -4.04. The number of nitrogens with one attached hydrogen (secondary N) is 2. The van der Waals surface area contributed by atoms with E-state index < -0.39 is 22.2 Å². The van der Waals surface area contributed by atoms with Gasteiger partial charge in [0.2, 0.25) is 0 Å². The molecule has 0 amide bonds. The normalized spacial score (nSPS) is 13.7. The number of H-pyrrole nitrogens is 1. The predicted octanol–water partition coefficient (Wildman–Crippen LogP) is -1.80. The molecule has 15 heavy (non-hydrogen) atoms. The fourth-order valence-corrected chi connectivity index (χ4v) is 1.57. The van der Waals surface area contributed by atoms with Gasteiger partial charge in [0.05, 0.1) is 6.33 Å². The number of hydrogen-bond donors (Lipinski definition) is 4. The quantitative estimate of drug-likeness (QED) is 0.476. The molecule has 1 aromatic rings. The summed E-state index contributed by atoms with van der Waals surface area (Å²) < 4.78 is 23.1. The lowest BCUT2D eigenvalue weighted by molar-refractivity contribution is -0.138. The zero-order valence-corrected chi connectivity index (χ0v) is 8.36. The van der Waals surface area contributed by atoms with Crippen LogP contribution in [0, 0.1) is 0 Å². The van der Waals surface area contributed by atoms with E-state index in [4.69, 9.17) is 5.11 Å². The van der Waals surface area contributed by atoms with Gasteiger partial charge in [-0.3, -0.25) is 4.79 Å². The van der Waals surface area contributed by atoms with Gasteiger partial charge >= 0.3 is 5.97 Å². The number of carboxylic acids is 1. The summed E-state index contributed by atoms with van der Waals surface area (Å²) in [6.07, 6.45) is 2.72. The fraction of sp³-hybridized carbons (Fsp3) is 0.333. The van der Waals surface area contributed by atoms with E-state index in [9.17, 15) is 13.2 Å². The molecule has 9 heteroatoms. The summed E-state index contributed by atoms with van der Waals surface area (Å²) in [4.78, 5) is 17.0. The number of aromatic nitrogens is 2. The van der Waals surface area contributed by atoms with E-state index in [1.165, 1.54) is 12.5 Å². The third kappa shape index (κ3) is 4.06. The van der Waals surface area contributed by atoms with Gasteiger partial charge in [0.25, 0.3) is 10.2 Å². The number of nitrogens with zero attached hydrogens (tertiary/aromatic N) is 1. The van der Waals surface area contributed by atoms with Gasteiger partial charge in [-0.2, -0.15) is 13.1 Å². The van der Waals surface area contributed by atoms with Gasteiger partial charge in [-0.25, -0.2) is 10.1 Å². The van der Waals surface area contributed by atoms with E-state index in [2.05, 4.69) is 15.1 Å². The second-order valence-corrected chi connectivity index (χ2v) is 4.16. The molecule has 0 radical (unpaired) electrons. The molecule has 0 saturated carbocycles. The lowest BCUT2D eigenvalue weighted by Crippen LogP contribution is -2.45. The first-order valence-corrected chi connectivity index (χ1v) is 5.43. The van der Waals surface area contributed by atoms with Gasteiger partial charge in [0.1, 0.15) is 6.04 Å². The Kier molecular flexibility index (Phi) is 3.39. The van der Waals surface area contributed by atoms with Crippen molar-refractivity contribution in [1.82, 2.24) is 14.7 Å². The number of aliphatic carboxylic acids is 1. The van der Waals surface area contributed by atoms with Gasteiger partial charge in [0.15, 0.2) is 0 Å². The molecular weight excluding hydrogens is 224 g/mol. The smallest absolute Gasteiger partial charge is 0.322 e. The van der Waals surface area contributed by atoms with Crippen LogP contribution in [0.5, 0.6) is 0 Å². The predicted molar refractivity (Wildman–Crippen MR) is 50.0 cm³/mol. The van der Waals surface area contributed by atoms with Crippen molar-refractivity contribution >= 4 is 16.2 Å². The van der Waals surface area contributed by atoms with Gasteiger partial charge in [-0.15, -0.1) is 0 Å². The van der Waals surface area contributed by atoms with Gasteiger partial charge in [-0.1, -0.05) is 0 Å². The molecule has 0 unspecified atom stereocenters. The third-order valence-corrected chi connectivity index (χ3v) is 2.20. The molecule has 0 saturated heterocycles. The standard InChI is InChI=1S/C6H10N4O4S/c7-15(13,14)10-5(6(11)12)1-4-2-8-3-9-4/h2-3,5,10H,1H2,(H,8,9)(H,11,12)(H2,7,13,14)/t5-/m1/s1. The fourth-order valence-electron chi connectivity index (χ4n) is 0.994. The van der Waals surface area contributed by atoms with Crippen LogP contribution in [-0.2, 0) is 21.4 Å². The van der Waals surface area contributed by atoms with Crippen LogP contribution in [0.4, 0.5) is 0 Å². The maximum Gasteiger partial charge on any atom is 0.322 e. The average molecular weight is 234 g/mol. The van der Waals surface area contributed by atoms with Crippen LogP contribution in [0.25, 0.3) is 0 Å². The maximum absolute atomic E-state index is 10.7. The molecule has 8 nitrogen and oxygen atoms in total. The Hall–Kier alpha value is -1.45. The van der Waals surface area contributed by atoms with Crippen molar-refractivity contribution in [2.45, 2.75) is 12.5 Å². The second kappa shape index (κ2) is 4.38. The number of aromatic amines is 1. The molecule has 5 N–H and O–H groups in total. The number of hydrogen-bond acceptors (Lipinski definition) is 4. The van der Waals surface area contributed by atoms with Crippen LogP contribution in [0.3, 0.4) is 0 Å². The molecule has 1 rings (SSSR count). The number of rotatable bonds is 5. The van der Waals surface area contributed by atoms with E-state index >= 15 is 0 Å². The molecule has 1 atom stereocenters. The van der Waals surface area contributed by atoms with Crippen molar-refractivity contribution in [2.24, 2.45) is 5.14 Å². The number of nitrogens with two attached hydrogens (primary N) is 1. The molecule has 1 aromatic heterocycles. The van der Waals surface area contributed by atoms with Crippen LogP contribution in [0.15, 0.2) is 12.5 Å². The first kappa shape index (κ1) is 11.6. The Morgan fingerprint density at radius 3 is 2.80 bits per heavy atom. The second-order valence-electron chi connectivity index (χ2n) is 2.83. The van der Waals surface area contributed by atoms with E-state index in [-0.39, 0.29) is 6.42 Å². The molecule has 0 bridgehead atoms. The van der Waals surface area contributed by atoms with Crippen LogP contribution in [0.1, 0.15) is 5.69 Å². The van der Waals surface area contributed by atoms with E-state index in [1.54, 1.807) is 4.72 Å². The van der Waals surface area contributed by atoms with Crippen molar-refractivity contribution in [2.75, 3.05) is 0 Å². The molecule has 0 aliphatic heterocycles. The summed E-state index contributed by atoms with van der Waals surface area (Å²) in [5, 5.41) is 13.4. The van der Waals surface area contributed by atoms with Crippen LogP contribution in [0.2, 0.25) is 0 Å². The highest BCUT2D eigenvalue weighted by molar-refractivity contribution is 7.87. The maximum atomic E-state index is 10.7. The summed E-state index contributed by atoms with van der Waals surface area (Å²) in [6.45, 7) is 0. The van der Waals surface area contributed by atoms with Crippen molar-refractivity contribution < 1.29 is 18.3 Å². The summed E-state index contributed by atoms with van der Waals surface area (Å²) in [6, 6.07) is -1.31. The van der Waals surface area contributed by atoms with E-state index in [0.29, 0.717) is 5.69 Å². The highest BCUT2D eigenvalue weighted by atomic mass is 32.2. The van der Waals surface area contributed by atoms with E-state index in [1.807, 2.05) is 0 Å². The average Bonchev–Trinajstić information content (AvgIpc) is 2.52. The highest BCUT2D eigenvalue weighted by Gasteiger charge is 2.22. The SMILES string of the molecule is NS(=O)(=O)N[C@H](Cc1cnc[nH]1)C(=O)O. The molecule has 84 valence electrons. The molecule has 0 aliphatic rings. The number of imidazole rings is 1. The molecule has 0 fully saturated rings. The zero-order chi connectivity index (χ0) is 11.5. The van der Waals surface area contributed by atoms with Gasteiger partial charge < -0.3 is 10.1 Å². The van der Waals surface area contributed by atoms with Gasteiger partial charge in [-0.05, 0) is 0 Å². The number of carboxylic acid groups (broad SMARTS) is 1. The molecular formula is C6H10N4O4S. The Morgan fingerprint density at radius 2 is 2.40 bits per heavy atom. The largest absolute Gasteiger partial charge is 0.480 e. The Balaban J connectivity index is 2.72. The lowest BCUT2D eigenvalue weighted by atomic mass is 10.2. The van der Waals surface area contributed by atoms with E-state index in [0.717, 1.165) is 0 Å². The first-order valence-electron chi connectivity index (χ1n) is 3.88. The zero-order valence-electron chi connectivity index (χ0n) is 7.54. The summed E-state index contributed by atoms with van der Waals surface area (Å²) >= 11 is 0. The van der Waals surface area contributed by atoms with Crippen molar-refractivity contribution in [1.29, 1.82) is 0 Å². The van der Waals surface area contributed by atoms with Gasteiger partial charge in [0, 0.05) is 18.3 Å². The highest BCUT2D eigenvalue weighted by Crippen LogP contribution is 1.99. The topological polar surface area (TPSA) is 138 Å². The van der Waals surface area contributed by atoms with Crippen molar-refractivity contribution in [3.8, 4) is 0 Å². The monoisotopic (exact) mass is 234 g/mol. The minimum Gasteiger partial charge on any atom is -0.480 e. The Morgan fingerprint density at radius 1 is 1.73 bits per heavy atom. The minimum absolute atomic E-state index is 0.0498. The lowest BCUT2D eigenvalue weighted by Gasteiger charge is -2.10. The Bertz CT molecular complexity index is 426. The third-order valence-electron chi connectivity index (χ3n) is 1.58. The summed E-state index contributed by atoms with van der Waals surface area (Å²) in [7, 11) is -4.04. The molecule has 0 aromatic carbocycles. The number of carbonyl (C=O) groups is 1. The molecule has 0 aliphatic carbocycles. The first-order chi connectivity index (χ1) is 6.88.